The zero-order valence-corrected chi connectivity index (χ0v) is 17.7. The second-order valence-electron chi connectivity index (χ2n) is 6.31. The predicted octanol–water partition coefficient (Wildman–Crippen LogP) is 5.41. The lowest BCUT2D eigenvalue weighted by Crippen LogP contribution is -2.19. The van der Waals surface area contributed by atoms with Gasteiger partial charge in [0.25, 0.3) is 0 Å². The Kier molecular flexibility index (Phi) is 7.53. The van der Waals surface area contributed by atoms with Gasteiger partial charge in [0, 0.05) is 22.0 Å². The molecule has 0 heterocycles. The molecule has 0 bridgehead atoms. The highest BCUT2D eigenvalue weighted by Gasteiger charge is 2.11. The SMILES string of the molecule is O=C(CSc1ccc(NC(=O)Nc2ccccc2)cc1)Nc1ccc(Cl)c(C(=O)O)c1. The Morgan fingerprint density at radius 2 is 1.42 bits per heavy atom. The molecular formula is C22H18ClN3O4S. The van der Waals surface area contributed by atoms with E-state index in [1.165, 1.54) is 30.0 Å². The normalized spacial score (nSPS) is 10.2. The van der Waals surface area contributed by atoms with E-state index >= 15 is 0 Å². The molecule has 0 saturated heterocycles. The number of aromatic carboxylic acids is 1. The number of nitrogens with one attached hydrogen (secondary N) is 3. The summed E-state index contributed by atoms with van der Waals surface area (Å²) in [6.45, 7) is 0. The molecule has 0 unspecified atom stereocenters. The highest BCUT2D eigenvalue weighted by molar-refractivity contribution is 8.00. The summed E-state index contributed by atoms with van der Waals surface area (Å²) >= 11 is 7.13. The largest absolute Gasteiger partial charge is 0.478 e. The van der Waals surface area contributed by atoms with Crippen LogP contribution in [-0.2, 0) is 4.79 Å². The van der Waals surface area contributed by atoms with E-state index in [0.717, 1.165) is 4.90 Å². The van der Waals surface area contributed by atoms with Crippen LogP contribution in [0.4, 0.5) is 21.9 Å². The van der Waals surface area contributed by atoms with E-state index in [-0.39, 0.29) is 28.3 Å². The number of carbonyl (C=O) groups is 3. The third-order valence-corrected chi connectivity index (χ3v) is 5.34. The minimum Gasteiger partial charge on any atom is -0.478 e. The van der Waals surface area contributed by atoms with Crippen molar-refractivity contribution in [2.24, 2.45) is 0 Å². The van der Waals surface area contributed by atoms with E-state index < -0.39 is 5.97 Å². The molecule has 0 aromatic heterocycles. The van der Waals surface area contributed by atoms with E-state index in [0.29, 0.717) is 17.1 Å². The van der Waals surface area contributed by atoms with Gasteiger partial charge in [-0.25, -0.2) is 9.59 Å². The van der Waals surface area contributed by atoms with Gasteiger partial charge in [0.1, 0.15) is 0 Å². The van der Waals surface area contributed by atoms with Crippen LogP contribution in [0.3, 0.4) is 0 Å². The number of carboxylic acids is 1. The Balaban J connectivity index is 1.48. The fourth-order valence-electron chi connectivity index (χ4n) is 2.56. The Hall–Kier alpha value is -3.49. The summed E-state index contributed by atoms with van der Waals surface area (Å²) in [7, 11) is 0. The fourth-order valence-corrected chi connectivity index (χ4v) is 3.46. The van der Waals surface area contributed by atoms with Gasteiger partial charge in [-0.3, -0.25) is 4.79 Å². The molecule has 158 valence electrons. The molecule has 0 aliphatic rings. The molecule has 3 aromatic rings. The molecule has 3 aromatic carbocycles. The molecule has 0 fully saturated rings. The zero-order valence-electron chi connectivity index (χ0n) is 16.1. The number of hydrogen-bond donors (Lipinski definition) is 4. The Labute approximate surface area is 187 Å². The summed E-state index contributed by atoms with van der Waals surface area (Å²) in [6, 6.07) is 20.1. The van der Waals surface area contributed by atoms with E-state index in [1.807, 2.05) is 18.2 Å². The van der Waals surface area contributed by atoms with Crippen molar-refractivity contribution in [2.75, 3.05) is 21.7 Å². The van der Waals surface area contributed by atoms with Gasteiger partial charge in [-0.15, -0.1) is 11.8 Å². The van der Waals surface area contributed by atoms with Crippen LogP contribution in [0.2, 0.25) is 5.02 Å². The van der Waals surface area contributed by atoms with Gasteiger partial charge >= 0.3 is 12.0 Å². The number of carboxylic acid groups (broad SMARTS) is 1. The summed E-state index contributed by atoms with van der Waals surface area (Å²) in [5.41, 5.74) is 1.59. The van der Waals surface area contributed by atoms with Crippen molar-refractivity contribution in [1.29, 1.82) is 0 Å². The van der Waals surface area contributed by atoms with E-state index in [2.05, 4.69) is 16.0 Å². The Bertz CT molecular complexity index is 1090. The number of urea groups is 1. The summed E-state index contributed by atoms with van der Waals surface area (Å²) in [4.78, 5) is 36.1. The maximum absolute atomic E-state index is 12.2. The molecule has 0 radical (unpaired) electrons. The standard InChI is InChI=1S/C22H18ClN3O4S/c23-19-11-8-16(12-18(19)21(28)29)24-20(27)13-31-17-9-6-15(7-10-17)26-22(30)25-14-4-2-1-3-5-14/h1-12H,13H2,(H,24,27)(H,28,29)(H2,25,26,30). The molecule has 3 rings (SSSR count). The van der Waals surface area contributed by atoms with Gasteiger partial charge in [-0.1, -0.05) is 29.8 Å². The Morgan fingerprint density at radius 1 is 0.806 bits per heavy atom. The molecule has 0 spiro atoms. The number of thioether (sulfide) groups is 1. The summed E-state index contributed by atoms with van der Waals surface area (Å²) in [5, 5.41) is 17.3. The highest BCUT2D eigenvalue weighted by Crippen LogP contribution is 2.23. The van der Waals surface area contributed by atoms with Crippen molar-refractivity contribution >= 4 is 58.3 Å². The second kappa shape index (κ2) is 10.5. The average Bonchev–Trinajstić information content (AvgIpc) is 2.75. The third kappa shape index (κ3) is 6.77. The molecule has 31 heavy (non-hydrogen) atoms. The molecule has 0 aliphatic heterocycles. The van der Waals surface area contributed by atoms with Crippen molar-refractivity contribution in [3.8, 4) is 0 Å². The molecule has 7 nitrogen and oxygen atoms in total. The van der Waals surface area contributed by atoms with E-state index in [4.69, 9.17) is 16.7 Å². The first-order valence-corrected chi connectivity index (χ1v) is 10.5. The van der Waals surface area contributed by atoms with Crippen molar-refractivity contribution in [3.63, 3.8) is 0 Å². The number of para-hydroxylation sites is 1. The van der Waals surface area contributed by atoms with E-state index in [9.17, 15) is 14.4 Å². The molecular weight excluding hydrogens is 438 g/mol. The van der Waals surface area contributed by atoms with Crippen LogP contribution in [0.25, 0.3) is 0 Å². The lowest BCUT2D eigenvalue weighted by atomic mass is 10.2. The number of halogens is 1. The lowest BCUT2D eigenvalue weighted by molar-refractivity contribution is -0.113. The van der Waals surface area contributed by atoms with Gasteiger partial charge in [-0.05, 0) is 54.6 Å². The fraction of sp³-hybridized carbons (Fsp3) is 0.0455. The quantitative estimate of drug-likeness (QED) is 0.356. The lowest BCUT2D eigenvalue weighted by Gasteiger charge is -2.09. The smallest absolute Gasteiger partial charge is 0.337 e. The number of amides is 3. The number of anilines is 3. The minimum atomic E-state index is -1.17. The molecule has 0 saturated carbocycles. The first-order chi connectivity index (χ1) is 14.9. The summed E-state index contributed by atoms with van der Waals surface area (Å²) < 4.78 is 0. The van der Waals surface area contributed by atoms with Crippen molar-refractivity contribution in [1.82, 2.24) is 0 Å². The van der Waals surface area contributed by atoms with E-state index in [1.54, 1.807) is 36.4 Å². The molecule has 0 aliphatic carbocycles. The van der Waals surface area contributed by atoms with Gasteiger partial charge in [0.2, 0.25) is 5.91 Å². The van der Waals surface area contributed by atoms with Gasteiger partial charge in [0.05, 0.1) is 16.3 Å². The molecule has 0 atom stereocenters. The van der Waals surface area contributed by atoms with Crippen molar-refractivity contribution < 1.29 is 19.5 Å². The summed E-state index contributed by atoms with van der Waals surface area (Å²) in [6.07, 6.45) is 0. The molecule has 3 amide bonds. The predicted molar refractivity (Wildman–Crippen MR) is 123 cm³/mol. The number of carbonyl (C=O) groups excluding carboxylic acids is 2. The van der Waals surface area contributed by atoms with Crippen molar-refractivity contribution in [2.45, 2.75) is 4.90 Å². The van der Waals surface area contributed by atoms with Gasteiger partial charge in [-0.2, -0.15) is 0 Å². The van der Waals surface area contributed by atoms with Crippen LogP contribution in [0.5, 0.6) is 0 Å². The monoisotopic (exact) mass is 455 g/mol. The number of hydrogen-bond acceptors (Lipinski definition) is 4. The number of benzene rings is 3. The first-order valence-electron chi connectivity index (χ1n) is 9.09. The summed E-state index contributed by atoms with van der Waals surface area (Å²) in [5.74, 6) is -1.32. The zero-order chi connectivity index (χ0) is 22.2. The second-order valence-corrected chi connectivity index (χ2v) is 7.76. The van der Waals surface area contributed by atoms with Gasteiger partial charge < -0.3 is 21.1 Å². The molecule has 4 N–H and O–H groups in total. The van der Waals surface area contributed by atoms with Crippen LogP contribution in [-0.4, -0.2) is 28.8 Å². The maximum Gasteiger partial charge on any atom is 0.337 e. The van der Waals surface area contributed by atoms with Crippen molar-refractivity contribution in [3.05, 3.63) is 83.4 Å². The maximum atomic E-state index is 12.2. The average molecular weight is 456 g/mol. The Morgan fingerprint density at radius 3 is 2.06 bits per heavy atom. The van der Waals surface area contributed by atoms with Gasteiger partial charge in [0.15, 0.2) is 0 Å². The highest BCUT2D eigenvalue weighted by atomic mass is 35.5. The minimum absolute atomic E-state index is 0.0773. The van der Waals surface area contributed by atoms with Crippen LogP contribution in [0.1, 0.15) is 10.4 Å². The number of rotatable bonds is 7. The topological polar surface area (TPSA) is 108 Å². The molecule has 9 heteroatoms. The van der Waals surface area contributed by atoms with Crippen LogP contribution in [0, 0.1) is 0 Å². The first kappa shape index (κ1) is 22.2. The van der Waals surface area contributed by atoms with Crippen LogP contribution < -0.4 is 16.0 Å². The van der Waals surface area contributed by atoms with Crippen LogP contribution in [0.15, 0.2) is 77.7 Å². The third-order valence-electron chi connectivity index (χ3n) is 3.99. The van der Waals surface area contributed by atoms with Crippen LogP contribution >= 0.6 is 23.4 Å².